The molecule has 3 N–H and O–H groups in total. The van der Waals surface area contributed by atoms with Gasteiger partial charge in [0.05, 0.1) is 11.5 Å². The first-order valence-electron chi connectivity index (χ1n) is 4.66. The number of hydrogen-bond acceptors (Lipinski definition) is 3. The van der Waals surface area contributed by atoms with Gasteiger partial charge >= 0.3 is 11.8 Å². The van der Waals surface area contributed by atoms with E-state index in [-0.39, 0.29) is 11.5 Å². The molecule has 86 valence electrons. The Kier molecular flexibility index (Phi) is 5.84. The van der Waals surface area contributed by atoms with Crippen molar-refractivity contribution in [1.29, 1.82) is 0 Å². The number of nitrogens with zero attached hydrogens (tertiary/aromatic N) is 1. The topological polar surface area (TPSA) is 75.4 Å². The van der Waals surface area contributed by atoms with Crippen LogP contribution in [-0.4, -0.2) is 41.8 Å². The van der Waals surface area contributed by atoms with Crippen LogP contribution in [0.3, 0.4) is 0 Å². The van der Waals surface area contributed by atoms with E-state index in [9.17, 15) is 9.59 Å². The normalized spacial score (nSPS) is 9.87. The minimum atomic E-state index is -0.675. The van der Waals surface area contributed by atoms with Crippen LogP contribution in [-0.2, 0) is 9.59 Å². The zero-order valence-electron chi connectivity index (χ0n) is 9.24. The zero-order valence-corrected chi connectivity index (χ0v) is 10.1. The molecule has 0 aliphatic carbocycles. The monoisotopic (exact) mass is 231 g/mol. The van der Waals surface area contributed by atoms with Crippen LogP contribution < -0.4 is 11.1 Å². The molecular weight excluding hydrogens is 214 g/mol. The highest BCUT2D eigenvalue weighted by Crippen LogP contribution is 1.95. The number of likely N-dealkylation sites (N-methyl/N-ethyl adjacent to an activating group) is 1. The molecule has 0 atom stereocenters. The predicted molar refractivity (Wildman–Crippen MR) is 62.3 cm³/mol. The van der Waals surface area contributed by atoms with Crippen molar-refractivity contribution in [2.75, 3.05) is 20.1 Å². The SMILES string of the molecule is CC(C)CN(C)C(=O)C(=O)NCC(N)=S. The molecule has 0 aliphatic rings. The maximum Gasteiger partial charge on any atom is 0.311 e. The third-order valence-electron chi connectivity index (χ3n) is 1.60. The van der Waals surface area contributed by atoms with Crippen LogP contribution in [0, 0.1) is 5.92 Å². The second-order valence-electron chi connectivity index (χ2n) is 3.73. The quantitative estimate of drug-likeness (QED) is 0.505. The van der Waals surface area contributed by atoms with Gasteiger partial charge in [-0.2, -0.15) is 0 Å². The fourth-order valence-electron chi connectivity index (χ4n) is 1.05. The number of amides is 2. The summed E-state index contributed by atoms with van der Waals surface area (Å²) in [6, 6.07) is 0. The highest BCUT2D eigenvalue weighted by molar-refractivity contribution is 7.80. The van der Waals surface area contributed by atoms with Gasteiger partial charge < -0.3 is 16.0 Å². The van der Waals surface area contributed by atoms with Gasteiger partial charge in [0.25, 0.3) is 0 Å². The van der Waals surface area contributed by atoms with Gasteiger partial charge in [-0.3, -0.25) is 9.59 Å². The first-order chi connectivity index (χ1) is 6.84. The Bertz CT molecular complexity index is 266. The zero-order chi connectivity index (χ0) is 12.0. The molecule has 0 aromatic carbocycles. The lowest BCUT2D eigenvalue weighted by molar-refractivity contribution is -0.145. The maximum absolute atomic E-state index is 11.4. The van der Waals surface area contributed by atoms with Crippen molar-refractivity contribution in [2.45, 2.75) is 13.8 Å². The van der Waals surface area contributed by atoms with E-state index in [1.807, 2.05) is 13.8 Å². The summed E-state index contributed by atoms with van der Waals surface area (Å²) in [5.74, 6) is -0.923. The highest BCUT2D eigenvalue weighted by Gasteiger charge is 2.18. The molecule has 0 spiro atoms. The Morgan fingerprint density at radius 1 is 1.47 bits per heavy atom. The average molecular weight is 231 g/mol. The van der Waals surface area contributed by atoms with Crippen molar-refractivity contribution in [2.24, 2.45) is 11.7 Å². The summed E-state index contributed by atoms with van der Waals surface area (Å²) in [7, 11) is 1.59. The molecule has 0 saturated heterocycles. The van der Waals surface area contributed by atoms with E-state index < -0.39 is 11.8 Å². The van der Waals surface area contributed by atoms with Gasteiger partial charge in [-0.25, -0.2) is 0 Å². The van der Waals surface area contributed by atoms with Crippen LogP contribution in [0.4, 0.5) is 0 Å². The molecule has 5 nitrogen and oxygen atoms in total. The summed E-state index contributed by atoms with van der Waals surface area (Å²) in [6.07, 6.45) is 0. The van der Waals surface area contributed by atoms with Gasteiger partial charge in [-0.1, -0.05) is 26.1 Å². The average Bonchev–Trinajstić information content (AvgIpc) is 2.11. The summed E-state index contributed by atoms with van der Waals surface area (Å²) < 4.78 is 0. The fourth-order valence-corrected chi connectivity index (χ4v) is 1.12. The van der Waals surface area contributed by atoms with Crippen LogP contribution in [0.25, 0.3) is 0 Å². The van der Waals surface area contributed by atoms with Crippen LogP contribution in [0.1, 0.15) is 13.8 Å². The Morgan fingerprint density at radius 2 is 2.00 bits per heavy atom. The number of thiocarbonyl (C=S) groups is 1. The standard InChI is InChI=1S/C9H17N3O2S/c1-6(2)5-12(3)9(14)8(13)11-4-7(10)15/h6H,4-5H2,1-3H3,(H2,10,15)(H,11,13). The second kappa shape index (κ2) is 6.34. The summed E-state index contributed by atoms with van der Waals surface area (Å²) in [5, 5.41) is 2.34. The lowest BCUT2D eigenvalue weighted by Gasteiger charge is -2.18. The molecule has 0 saturated carbocycles. The van der Waals surface area contributed by atoms with Crippen molar-refractivity contribution in [1.82, 2.24) is 10.2 Å². The lowest BCUT2D eigenvalue weighted by Crippen LogP contribution is -2.44. The van der Waals surface area contributed by atoms with E-state index in [2.05, 4.69) is 17.5 Å². The predicted octanol–water partition coefficient (Wildman–Crippen LogP) is -0.497. The number of nitrogens with two attached hydrogens (primary N) is 1. The molecule has 0 heterocycles. The molecule has 0 aliphatic heterocycles. The van der Waals surface area contributed by atoms with E-state index in [0.29, 0.717) is 12.5 Å². The van der Waals surface area contributed by atoms with Crippen LogP contribution in [0.15, 0.2) is 0 Å². The summed E-state index contributed by atoms with van der Waals surface area (Å²) >= 11 is 4.57. The van der Waals surface area contributed by atoms with Crippen LogP contribution in [0.5, 0.6) is 0 Å². The number of hydrogen-bond donors (Lipinski definition) is 2. The number of nitrogens with one attached hydrogen (secondary N) is 1. The largest absolute Gasteiger partial charge is 0.392 e. The first-order valence-corrected chi connectivity index (χ1v) is 5.07. The fraction of sp³-hybridized carbons (Fsp3) is 0.667. The molecule has 2 amide bonds. The summed E-state index contributed by atoms with van der Waals surface area (Å²) in [4.78, 5) is 24.2. The van der Waals surface area contributed by atoms with E-state index in [0.717, 1.165) is 0 Å². The van der Waals surface area contributed by atoms with Gasteiger partial charge in [-0.05, 0) is 5.92 Å². The van der Waals surface area contributed by atoms with E-state index in [4.69, 9.17) is 5.73 Å². The Morgan fingerprint density at radius 3 is 2.40 bits per heavy atom. The Labute approximate surface area is 95.0 Å². The minimum absolute atomic E-state index is 0.0510. The molecule has 0 radical (unpaired) electrons. The molecule has 6 heteroatoms. The van der Waals surface area contributed by atoms with E-state index in [1.165, 1.54) is 4.90 Å². The molecule has 0 unspecified atom stereocenters. The van der Waals surface area contributed by atoms with Crippen molar-refractivity contribution in [3.8, 4) is 0 Å². The molecule has 0 aromatic rings. The van der Waals surface area contributed by atoms with Crippen molar-refractivity contribution >= 4 is 29.0 Å². The van der Waals surface area contributed by atoms with Gasteiger partial charge in [-0.15, -0.1) is 0 Å². The smallest absolute Gasteiger partial charge is 0.311 e. The van der Waals surface area contributed by atoms with Gasteiger partial charge in [0.15, 0.2) is 0 Å². The van der Waals surface area contributed by atoms with Gasteiger partial charge in [0, 0.05) is 13.6 Å². The van der Waals surface area contributed by atoms with Crippen LogP contribution in [0.2, 0.25) is 0 Å². The van der Waals surface area contributed by atoms with Gasteiger partial charge in [0.2, 0.25) is 0 Å². The maximum atomic E-state index is 11.4. The molecule has 0 aromatic heterocycles. The molecule has 0 bridgehead atoms. The van der Waals surface area contributed by atoms with Crippen molar-refractivity contribution in [3.05, 3.63) is 0 Å². The lowest BCUT2D eigenvalue weighted by atomic mass is 10.2. The Hall–Kier alpha value is -1.17. The number of carbonyl (C=O) groups excluding carboxylic acids is 2. The summed E-state index contributed by atoms with van der Waals surface area (Å²) in [5.41, 5.74) is 5.19. The third-order valence-corrected chi connectivity index (χ3v) is 1.75. The number of rotatable bonds is 4. The first kappa shape index (κ1) is 13.8. The molecule has 15 heavy (non-hydrogen) atoms. The van der Waals surface area contributed by atoms with Crippen molar-refractivity contribution in [3.63, 3.8) is 0 Å². The highest BCUT2D eigenvalue weighted by atomic mass is 32.1. The molecular formula is C9H17N3O2S. The van der Waals surface area contributed by atoms with Gasteiger partial charge in [0.1, 0.15) is 0 Å². The minimum Gasteiger partial charge on any atom is -0.392 e. The van der Waals surface area contributed by atoms with Crippen molar-refractivity contribution < 1.29 is 9.59 Å². The Balaban J connectivity index is 4.08. The third kappa shape index (κ3) is 6.01. The second-order valence-corrected chi connectivity index (χ2v) is 4.25. The van der Waals surface area contributed by atoms with E-state index in [1.54, 1.807) is 7.05 Å². The molecule has 0 rings (SSSR count). The molecule has 0 fully saturated rings. The van der Waals surface area contributed by atoms with E-state index >= 15 is 0 Å². The number of carbonyl (C=O) groups is 2. The van der Waals surface area contributed by atoms with Crippen LogP contribution >= 0.6 is 12.2 Å². The summed E-state index contributed by atoms with van der Waals surface area (Å²) in [6.45, 7) is 4.53.